The van der Waals surface area contributed by atoms with Crippen molar-refractivity contribution in [2.24, 2.45) is 0 Å². The summed E-state index contributed by atoms with van der Waals surface area (Å²) in [5.41, 5.74) is 4.70. The van der Waals surface area contributed by atoms with Crippen molar-refractivity contribution in [3.8, 4) is 11.4 Å². The molecule has 1 unspecified atom stereocenters. The number of carbonyl (C=O) groups excluding carboxylic acids is 2. The number of benzene rings is 3. The molecule has 0 saturated heterocycles. The number of hydrogen-bond donors (Lipinski definition) is 2. The van der Waals surface area contributed by atoms with Crippen molar-refractivity contribution in [3.05, 3.63) is 77.9 Å². The monoisotopic (exact) mass is 470 g/mol. The van der Waals surface area contributed by atoms with Gasteiger partial charge in [0.05, 0.1) is 26.8 Å². The van der Waals surface area contributed by atoms with Crippen LogP contribution in [0.2, 0.25) is 0 Å². The summed E-state index contributed by atoms with van der Waals surface area (Å²) in [7, 11) is 0. The van der Waals surface area contributed by atoms with Crippen LogP contribution < -0.4 is 5.32 Å². The summed E-state index contributed by atoms with van der Waals surface area (Å²) in [6.45, 7) is 3.80. The van der Waals surface area contributed by atoms with E-state index in [0.717, 1.165) is 38.2 Å². The summed E-state index contributed by atoms with van der Waals surface area (Å²) in [6, 6.07) is 20.8. The van der Waals surface area contributed by atoms with Gasteiger partial charge < -0.3 is 9.72 Å². The van der Waals surface area contributed by atoms with Gasteiger partial charge in [-0.05, 0) is 49.2 Å². The van der Waals surface area contributed by atoms with E-state index in [2.05, 4.69) is 20.3 Å². The molecule has 1 amide bonds. The zero-order valence-electron chi connectivity index (χ0n) is 18.7. The number of fused-ring (bicyclic) bond motifs is 2. The fourth-order valence-electron chi connectivity index (χ4n) is 3.66. The molecule has 0 fully saturated rings. The number of carbonyl (C=O) groups is 2. The molecule has 0 aliphatic rings. The molecule has 5 aromatic rings. The summed E-state index contributed by atoms with van der Waals surface area (Å²) in [5, 5.41) is 3.26. The van der Waals surface area contributed by atoms with Crippen molar-refractivity contribution in [1.82, 2.24) is 15.0 Å². The van der Waals surface area contributed by atoms with E-state index in [0.29, 0.717) is 17.1 Å². The molecule has 0 radical (unpaired) electrons. The lowest BCUT2D eigenvalue weighted by atomic mass is 10.2. The fraction of sp³-hybridized carbons (Fsp3) is 0.154. The average Bonchev–Trinajstić information content (AvgIpc) is 3.45. The lowest BCUT2D eigenvalue weighted by Gasteiger charge is -2.15. The smallest absolute Gasteiger partial charge is 0.338 e. The molecule has 3 aromatic carbocycles. The first kappa shape index (κ1) is 21.8. The number of anilines is 1. The van der Waals surface area contributed by atoms with Crippen molar-refractivity contribution in [1.29, 1.82) is 0 Å². The first-order chi connectivity index (χ1) is 16.5. The van der Waals surface area contributed by atoms with Crippen molar-refractivity contribution >= 4 is 49.6 Å². The van der Waals surface area contributed by atoms with E-state index in [-0.39, 0.29) is 0 Å². The number of rotatable bonds is 6. The Bertz CT molecular complexity index is 1510. The molecule has 7 nitrogen and oxygen atoms in total. The number of hydrogen-bond acceptors (Lipinski definition) is 6. The topological polar surface area (TPSA) is 97.0 Å². The van der Waals surface area contributed by atoms with Gasteiger partial charge in [0.2, 0.25) is 0 Å². The zero-order valence-corrected chi connectivity index (χ0v) is 19.5. The third-order valence-electron chi connectivity index (χ3n) is 5.45. The Morgan fingerprint density at radius 3 is 2.62 bits per heavy atom. The van der Waals surface area contributed by atoms with Gasteiger partial charge in [-0.15, -0.1) is 0 Å². The van der Waals surface area contributed by atoms with E-state index in [1.807, 2.05) is 55.5 Å². The van der Waals surface area contributed by atoms with Gasteiger partial charge in [0, 0.05) is 5.56 Å². The minimum atomic E-state index is -0.932. The number of H-pyrrole nitrogens is 1. The van der Waals surface area contributed by atoms with Crippen LogP contribution in [0.1, 0.15) is 29.3 Å². The molecular weight excluding hydrogens is 448 g/mol. The van der Waals surface area contributed by atoms with Gasteiger partial charge in [-0.1, -0.05) is 54.7 Å². The number of ether oxygens (including phenoxy) is 1. The number of aryl methyl sites for hydroxylation is 1. The Morgan fingerprint density at radius 1 is 1.03 bits per heavy atom. The van der Waals surface area contributed by atoms with Gasteiger partial charge in [0.1, 0.15) is 5.82 Å². The minimum Gasteiger partial charge on any atom is -0.449 e. The Kier molecular flexibility index (Phi) is 5.81. The third-order valence-corrected chi connectivity index (χ3v) is 6.39. The number of nitrogens with zero attached hydrogens (tertiary/aromatic N) is 2. The van der Waals surface area contributed by atoms with E-state index >= 15 is 0 Å². The summed E-state index contributed by atoms with van der Waals surface area (Å²) in [6.07, 6.45) is -0.593. The summed E-state index contributed by atoms with van der Waals surface area (Å²) in [5.74, 6) is -0.252. The maximum Gasteiger partial charge on any atom is 0.338 e. The third kappa shape index (κ3) is 4.40. The van der Waals surface area contributed by atoms with Crippen molar-refractivity contribution in [3.63, 3.8) is 0 Å². The van der Waals surface area contributed by atoms with Crippen LogP contribution in [-0.4, -0.2) is 32.9 Å². The highest BCUT2D eigenvalue weighted by Crippen LogP contribution is 2.27. The van der Waals surface area contributed by atoms with E-state index < -0.39 is 18.0 Å². The molecule has 0 saturated carbocycles. The maximum atomic E-state index is 12.8. The first-order valence-electron chi connectivity index (χ1n) is 10.9. The van der Waals surface area contributed by atoms with Crippen LogP contribution in [0.15, 0.2) is 66.7 Å². The Hall–Kier alpha value is -4.04. The first-order valence-corrected chi connectivity index (χ1v) is 11.8. The Labute approximate surface area is 199 Å². The highest BCUT2D eigenvalue weighted by molar-refractivity contribution is 7.22. The highest BCUT2D eigenvalue weighted by atomic mass is 32.1. The number of aromatic amines is 1. The molecule has 8 heteroatoms. The second-order valence-electron chi connectivity index (χ2n) is 7.97. The zero-order chi connectivity index (χ0) is 23.7. The van der Waals surface area contributed by atoms with E-state index in [9.17, 15) is 9.59 Å². The molecule has 170 valence electrons. The van der Waals surface area contributed by atoms with Crippen LogP contribution in [0, 0.1) is 6.92 Å². The van der Waals surface area contributed by atoms with Crippen molar-refractivity contribution in [2.75, 3.05) is 5.32 Å². The largest absolute Gasteiger partial charge is 0.449 e. The van der Waals surface area contributed by atoms with Crippen LogP contribution >= 0.6 is 11.3 Å². The normalized spacial score (nSPS) is 12.1. The van der Waals surface area contributed by atoms with Crippen LogP contribution in [0.3, 0.4) is 0 Å². The van der Waals surface area contributed by atoms with Gasteiger partial charge in [-0.25, -0.2) is 14.8 Å². The number of thiazole rings is 1. The SMILES string of the molecule is CCC(OC(=O)c1ccc2nc(-c3ccccc3)[nH]c2c1)C(=O)Nc1nc2ccc(C)cc2s1. The van der Waals surface area contributed by atoms with E-state index in [1.165, 1.54) is 11.3 Å². The van der Waals surface area contributed by atoms with Gasteiger partial charge in [-0.2, -0.15) is 0 Å². The number of amides is 1. The summed E-state index contributed by atoms with van der Waals surface area (Å²) < 4.78 is 6.53. The molecule has 1 atom stereocenters. The van der Waals surface area contributed by atoms with Gasteiger partial charge in [0.15, 0.2) is 11.2 Å². The molecule has 0 spiro atoms. The average molecular weight is 471 g/mol. The fourth-order valence-corrected chi connectivity index (χ4v) is 4.63. The summed E-state index contributed by atoms with van der Waals surface area (Å²) in [4.78, 5) is 37.9. The summed E-state index contributed by atoms with van der Waals surface area (Å²) >= 11 is 1.39. The van der Waals surface area contributed by atoms with Crippen LogP contribution in [-0.2, 0) is 9.53 Å². The highest BCUT2D eigenvalue weighted by Gasteiger charge is 2.23. The molecule has 34 heavy (non-hydrogen) atoms. The number of nitrogens with one attached hydrogen (secondary N) is 2. The second kappa shape index (κ2) is 9.07. The van der Waals surface area contributed by atoms with E-state index in [1.54, 1.807) is 25.1 Å². The molecule has 2 heterocycles. The molecule has 0 aliphatic heterocycles. The van der Waals surface area contributed by atoms with E-state index in [4.69, 9.17) is 4.74 Å². The number of esters is 1. The van der Waals surface area contributed by atoms with Gasteiger partial charge in [0.25, 0.3) is 5.91 Å². The molecular formula is C26H22N4O3S. The lowest BCUT2D eigenvalue weighted by molar-refractivity contribution is -0.124. The lowest BCUT2D eigenvalue weighted by Crippen LogP contribution is -2.32. The van der Waals surface area contributed by atoms with Crippen LogP contribution in [0.5, 0.6) is 0 Å². The number of imidazole rings is 1. The maximum absolute atomic E-state index is 12.8. The van der Waals surface area contributed by atoms with Crippen LogP contribution in [0.4, 0.5) is 5.13 Å². The number of aromatic nitrogens is 3. The second-order valence-corrected chi connectivity index (χ2v) is 9.00. The molecule has 2 N–H and O–H groups in total. The minimum absolute atomic E-state index is 0.339. The molecule has 5 rings (SSSR count). The van der Waals surface area contributed by atoms with Gasteiger partial charge >= 0.3 is 5.97 Å². The van der Waals surface area contributed by atoms with Gasteiger partial charge in [-0.3, -0.25) is 10.1 Å². The predicted molar refractivity (Wildman–Crippen MR) is 134 cm³/mol. The predicted octanol–water partition coefficient (Wildman–Crippen LogP) is 5.72. The van der Waals surface area contributed by atoms with Crippen molar-refractivity contribution < 1.29 is 14.3 Å². The van der Waals surface area contributed by atoms with Crippen LogP contribution in [0.25, 0.3) is 32.6 Å². The molecule has 0 bridgehead atoms. The van der Waals surface area contributed by atoms with Crippen molar-refractivity contribution in [2.45, 2.75) is 26.4 Å². The molecule has 2 aromatic heterocycles. The Balaban J connectivity index is 1.30. The Morgan fingerprint density at radius 2 is 1.82 bits per heavy atom. The quantitative estimate of drug-likeness (QED) is 0.309. The standard InChI is InChI=1S/C26H22N4O3S/c1-3-21(24(31)30-26-29-19-11-9-15(2)13-22(19)34-26)33-25(32)17-10-12-18-20(14-17)28-23(27-18)16-7-5-4-6-8-16/h4-14,21H,3H2,1-2H3,(H,27,28)(H,29,30,31). The molecule has 0 aliphatic carbocycles.